The maximum atomic E-state index is 13.1. The molecule has 0 spiro atoms. The number of anilines is 1. The van der Waals surface area contributed by atoms with Crippen molar-refractivity contribution in [3.63, 3.8) is 0 Å². The maximum absolute atomic E-state index is 13.1. The molecule has 184 valence electrons. The van der Waals surface area contributed by atoms with E-state index in [1.165, 1.54) is 4.31 Å². The summed E-state index contributed by atoms with van der Waals surface area (Å²) in [6.45, 7) is 2.21. The Hall–Kier alpha value is -2.28. The van der Waals surface area contributed by atoms with Gasteiger partial charge in [0.2, 0.25) is 20.0 Å². The fraction of sp³-hybridized carbons (Fsp3) is 0.545. The molecule has 0 radical (unpaired) electrons. The topological polar surface area (TPSA) is 128 Å². The monoisotopic (exact) mass is 506 g/mol. The Kier molecular flexibility index (Phi) is 6.25. The lowest BCUT2D eigenvalue weighted by Crippen LogP contribution is -2.50. The number of hydrogen-bond donors (Lipinski definition) is 2. The number of rotatable bonds is 6. The van der Waals surface area contributed by atoms with Gasteiger partial charge in [0, 0.05) is 61.1 Å². The van der Waals surface area contributed by atoms with Crippen molar-refractivity contribution < 1.29 is 16.8 Å². The second kappa shape index (κ2) is 9.06. The molecule has 2 fully saturated rings. The molecule has 1 atom stereocenters. The van der Waals surface area contributed by atoms with Gasteiger partial charge in [0.25, 0.3) is 0 Å². The zero-order valence-electron chi connectivity index (χ0n) is 19.1. The number of nitrogens with one attached hydrogen (secondary N) is 2. The molecule has 0 amide bonds. The predicted octanol–water partition coefficient (Wildman–Crippen LogP) is 1.67. The number of H-pyrrole nitrogens is 1. The first kappa shape index (κ1) is 23.5. The lowest BCUT2D eigenvalue weighted by atomic mass is 9.98. The molecular weight excluding hydrogens is 476 g/mol. The summed E-state index contributed by atoms with van der Waals surface area (Å²) in [4.78, 5) is 14.3. The van der Waals surface area contributed by atoms with Crippen molar-refractivity contribution in [1.29, 1.82) is 0 Å². The zero-order valence-corrected chi connectivity index (χ0v) is 20.8. The standard InChI is InChI=1S/C22H30N6O4S2/c1-33(29,30)26-17-3-2-10-28(14-17)34(31,32)15-16-6-11-27(12-7-16)20-5-9-23-19-13-25-22-18(21(19)20)4-8-24-22/h4-5,8-9,13,16-17,23,26H,2-3,6-7,10-12,14-15H2,1H3. The van der Waals surface area contributed by atoms with Crippen LogP contribution < -0.4 is 9.62 Å². The summed E-state index contributed by atoms with van der Waals surface area (Å²) in [5.41, 5.74) is 2.78. The molecule has 3 aromatic heterocycles. The summed E-state index contributed by atoms with van der Waals surface area (Å²) in [6, 6.07) is 3.68. The van der Waals surface area contributed by atoms with Crippen LogP contribution in [-0.4, -0.2) is 80.3 Å². The van der Waals surface area contributed by atoms with Gasteiger partial charge in [0.15, 0.2) is 5.65 Å². The van der Waals surface area contributed by atoms with Gasteiger partial charge in [-0.2, -0.15) is 0 Å². The molecule has 2 aliphatic rings. The maximum Gasteiger partial charge on any atom is 0.214 e. The van der Waals surface area contributed by atoms with Crippen LogP contribution in [0.1, 0.15) is 25.7 Å². The van der Waals surface area contributed by atoms with Gasteiger partial charge < -0.3 is 9.88 Å². The third-order valence-electron chi connectivity index (χ3n) is 6.83. The average Bonchev–Trinajstić information content (AvgIpc) is 3.27. The van der Waals surface area contributed by atoms with E-state index in [2.05, 4.69) is 30.6 Å². The van der Waals surface area contributed by atoms with Crippen LogP contribution in [0.3, 0.4) is 0 Å². The number of hydrogen-bond acceptors (Lipinski definition) is 7. The fourth-order valence-corrected chi connectivity index (χ4v) is 7.99. The SMILES string of the molecule is CS(=O)(=O)NC1CCCN(S(=O)(=O)CC2CCN(c3cc[nH]c4cnc5nccc5c34)CC2)C1. The summed E-state index contributed by atoms with van der Waals surface area (Å²) >= 11 is 0. The van der Waals surface area contributed by atoms with Crippen molar-refractivity contribution in [2.75, 3.05) is 43.1 Å². The number of sulfonamides is 2. The molecule has 2 aliphatic heterocycles. The Morgan fingerprint density at radius 3 is 2.65 bits per heavy atom. The van der Waals surface area contributed by atoms with Gasteiger partial charge >= 0.3 is 0 Å². The van der Waals surface area contributed by atoms with Crippen LogP contribution in [0.5, 0.6) is 0 Å². The molecule has 0 aliphatic carbocycles. The Morgan fingerprint density at radius 1 is 1.09 bits per heavy atom. The van der Waals surface area contributed by atoms with Crippen molar-refractivity contribution in [1.82, 2.24) is 24.0 Å². The van der Waals surface area contributed by atoms with E-state index >= 15 is 0 Å². The molecule has 5 heterocycles. The highest BCUT2D eigenvalue weighted by Crippen LogP contribution is 2.33. The smallest absolute Gasteiger partial charge is 0.214 e. The number of piperidine rings is 2. The number of aromatic nitrogens is 3. The van der Waals surface area contributed by atoms with Crippen LogP contribution in [0.15, 0.2) is 30.7 Å². The molecule has 3 aromatic rings. The van der Waals surface area contributed by atoms with Crippen LogP contribution in [0.2, 0.25) is 0 Å². The molecule has 0 bridgehead atoms. The van der Waals surface area contributed by atoms with Gasteiger partial charge in [-0.3, -0.25) is 0 Å². The van der Waals surface area contributed by atoms with Gasteiger partial charge in [0.05, 0.1) is 23.7 Å². The van der Waals surface area contributed by atoms with E-state index in [9.17, 15) is 16.8 Å². The van der Waals surface area contributed by atoms with Crippen LogP contribution in [0, 0.1) is 5.92 Å². The molecule has 10 nitrogen and oxygen atoms in total. The molecule has 1 unspecified atom stereocenters. The normalized spacial score (nSPS) is 21.4. The van der Waals surface area contributed by atoms with Crippen molar-refractivity contribution >= 4 is 47.7 Å². The Bertz CT molecular complexity index is 1400. The van der Waals surface area contributed by atoms with Gasteiger partial charge in [-0.15, -0.1) is 0 Å². The second-order valence-electron chi connectivity index (χ2n) is 9.39. The van der Waals surface area contributed by atoms with Gasteiger partial charge in [-0.05, 0) is 43.7 Å². The third kappa shape index (κ3) is 4.90. The summed E-state index contributed by atoms with van der Waals surface area (Å²) in [5.74, 6) is 0.185. The highest BCUT2D eigenvalue weighted by molar-refractivity contribution is 7.89. The van der Waals surface area contributed by atoms with Crippen LogP contribution in [0.25, 0.3) is 21.9 Å². The highest BCUT2D eigenvalue weighted by Gasteiger charge is 2.33. The van der Waals surface area contributed by atoms with E-state index in [1.54, 1.807) is 12.4 Å². The Morgan fingerprint density at radius 2 is 1.88 bits per heavy atom. The zero-order chi connectivity index (χ0) is 23.9. The second-order valence-corrected chi connectivity index (χ2v) is 13.2. The number of nitrogens with zero attached hydrogens (tertiary/aromatic N) is 4. The molecular formula is C22H30N6O4S2. The van der Waals surface area contributed by atoms with E-state index in [1.807, 2.05) is 12.3 Å². The summed E-state index contributed by atoms with van der Waals surface area (Å²) in [7, 11) is -6.82. The Balaban J connectivity index is 1.26. The third-order valence-corrected chi connectivity index (χ3v) is 9.60. The Labute approximate surface area is 199 Å². The summed E-state index contributed by atoms with van der Waals surface area (Å²) in [5, 5.41) is 2.10. The predicted molar refractivity (Wildman–Crippen MR) is 133 cm³/mol. The first-order valence-electron chi connectivity index (χ1n) is 11.6. The largest absolute Gasteiger partial charge is 0.371 e. The van der Waals surface area contributed by atoms with Gasteiger partial charge in [-0.25, -0.2) is 35.8 Å². The minimum absolute atomic E-state index is 0.0771. The van der Waals surface area contributed by atoms with E-state index in [4.69, 9.17) is 0 Å². The first-order valence-corrected chi connectivity index (χ1v) is 15.1. The van der Waals surface area contributed by atoms with Crippen molar-refractivity contribution in [2.45, 2.75) is 31.7 Å². The molecule has 34 heavy (non-hydrogen) atoms. The first-order chi connectivity index (χ1) is 16.2. The van der Waals surface area contributed by atoms with Gasteiger partial charge in [0.1, 0.15) is 0 Å². The van der Waals surface area contributed by atoms with Crippen molar-refractivity contribution in [2.24, 2.45) is 5.92 Å². The van der Waals surface area contributed by atoms with Crippen molar-refractivity contribution in [3.05, 3.63) is 30.7 Å². The van der Waals surface area contributed by atoms with E-state index in [0.717, 1.165) is 59.8 Å². The van der Waals surface area contributed by atoms with Gasteiger partial charge in [-0.1, -0.05) is 0 Å². The highest BCUT2D eigenvalue weighted by atomic mass is 32.2. The van der Waals surface area contributed by atoms with E-state index in [-0.39, 0.29) is 24.3 Å². The van der Waals surface area contributed by atoms with Crippen molar-refractivity contribution in [3.8, 4) is 0 Å². The quantitative estimate of drug-likeness (QED) is 0.520. The average molecular weight is 507 g/mol. The lowest BCUT2D eigenvalue weighted by molar-refractivity contribution is 0.299. The summed E-state index contributed by atoms with van der Waals surface area (Å²) in [6.07, 6.45) is 9.47. The minimum atomic E-state index is -3.45. The molecule has 2 N–H and O–H groups in total. The van der Waals surface area contributed by atoms with E-state index < -0.39 is 20.0 Å². The number of fused-ring (bicyclic) bond motifs is 3. The molecule has 5 rings (SSSR count). The molecule has 12 heteroatoms. The van der Waals surface area contributed by atoms with Crippen LogP contribution in [0.4, 0.5) is 5.69 Å². The van der Waals surface area contributed by atoms with E-state index in [0.29, 0.717) is 19.4 Å². The minimum Gasteiger partial charge on any atom is -0.371 e. The van der Waals surface area contributed by atoms with Crippen LogP contribution >= 0.6 is 0 Å². The number of pyridine rings is 2. The summed E-state index contributed by atoms with van der Waals surface area (Å²) < 4.78 is 53.4. The lowest BCUT2D eigenvalue weighted by Gasteiger charge is -2.36. The van der Waals surface area contributed by atoms with Crippen LogP contribution in [-0.2, 0) is 20.0 Å². The molecule has 0 aromatic carbocycles. The molecule has 2 saturated heterocycles. The molecule has 0 saturated carbocycles. The number of aromatic amines is 1. The fourth-order valence-electron chi connectivity index (χ4n) is 5.24.